The van der Waals surface area contributed by atoms with Crippen molar-refractivity contribution < 1.29 is 19.8 Å². The van der Waals surface area contributed by atoms with Crippen LogP contribution in [-0.2, 0) is 9.59 Å². The van der Waals surface area contributed by atoms with Crippen LogP contribution in [0.2, 0.25) is 6.04 Å². The summed E-state index contributed by atoms with van der Waals surface area (Å²) in [5, 5.41) is 17.1. The lowest BCUT2D eigenvalue weighted by Crippen LogP contribution is -2.20. The van der Waals surface area contributed by atoms with Crippen LogP contribution in [0.5, 0.6) is 0 Å². The minimum Gasteiger partial charge on any atom is -0.481 e. The first kappa shape index (κ1) is 14.0. The molecule has 8 heteroatoms. The summed E-state index contributed by atoms with van der Waals surface area (Å²) in [5.41, 5.74) is 0. The van der Waals surface area contributed by atoms with Crippen LogP contribution in [0.1, 0.15) is 12.8 Å². The zero-order valence-electron chi connectivity index (χ0n) is 7.04. The first-order valence-corrected chi connectivity index (χ1v) is 8.98. The molecule has 0 aliphatic heterocycles. The van der Waals surface area contributed by atoms with Crippen molar-refractivity contribution in [2.45, 2.75) is 18.9 Å². The predicted octanol–water partition coefficient (Wildman–Crippen LogP) is 2.21. The molecule has 0 saturated carbocycles. The molecule has 0 aromatic rings. The van der Waals surface area contributed by atoms with Crippen molar-refractivity contribution >= 4 is 51.2 Å². The summed E-state index contributed by atoms with van der Waals surface area (Å²) < 4.78 is 0. The summed E-state index contributed by atoms with van der Waals surface area (Å²) in [6, 6.07) is -2.70. The van der Waals surface area contributed by atoms with Crippen LogP contribution in [-0.4, -0.2) is 28.2 Å². The van der Waals surface area contributed by atoms with Crippen molar-refractivity contribution in [2.24, 2.45) is 5.92 Å². The maximum absolute atomic E-state index is 10.6. The van der Waals surface area contributed by atoms with Crippen LogP contribution < -0.4 is 0 Å². The van der Waals surface area contributed by atoms with Gasteiger partial charge in [-0.1, -0.05) is 0 Å². The molecule has 14 heavy (non-hydrogen) atoms. The number of carboxylic acids is 2. The first-order valence-electron chi connectivity index (χ1n) is 3.73. The van der Waals surface area contributed by atoms with Crippen LogP contribution in [0.15, 0.2) is 0 Å². The van der Waals surface area contributed by atoms with Crippen LogP contribution in [0.3, 0.4) is 0 Å². The van der Waals surface area contributed by atoms with Gasteiger partial charge in [0, 0.05) is 0 Å². The molecule has 0 amide bonds. The molecule has 0 radical (unpaired) electrons. The number of hydrogen-bond acceptors (Lipinski definition) is 2. The van der Waals surface area contributed by atoms with E-state index in [2.05, 4.69) is 0 Å². The molecule has 0 aliphatic rings. The van der Waals surface area contributed by atoms with E-state index in [9.17, 15) is 9.59 Å². The summed E-state index contributed by atoms with van der Waals surface area (Å²) in [6.07, 6.45) is -0.352. The SMILES string of the molecule is O=C(O)CC(CC[Si](Cl)(Cl)Cl)C(=O)O. The molecule has 0 heterocycles. The highest BCUT2D eigenvalue weighted by molar-refractivity contribution is 7.64. The number of aliphatic carboxylic acids is 2. The molecular formula is C6H9Cl3O4Si. The van der Waals surface area contributed by atoms with Crippen molar-refractivity contribution in [1.82, 2.24) is 0 Å². The molecule has 2 N–H and O–H groups in total. The smallest absolute Gasteiger partial charge is 0.341 e. The van der Waals surface area contributed by atoms with E-state index in [-0.39, 0.29) is 12.5 Å². The van der Waals surface area contributed by atoms with E-state index in [0.717, 1.165) is 0 Å². The zero-order chi connectivity index (χ0) is 11.4. The second-order valence-electron chi connectivity index (χ2n) is 2.79. The standard InChI is InChI=1S/C6H9Cl3O4Si/c7-14(8,9)2-1-4(6(12)13)3-5(10)11/h4H,1-3H2,(H,10,11)(H,12,13). The summed E-state index contributed by atoms with van der Waals surface area (Å²) in [5.74, 6) is -3.31. The molecule has 82 valence electrons. The molecule has 1 atom stereocenters. The largest absolute Gasteiger partial charge is 0.481 e. The molecule has 4 nitrogen and oxygen atoms in total. The third-order valence-electron chi connectivity index (χ3n) is 1.55. The number of halogens is 3. The van der Waals surface area contributed by atoms with Crippen LogP contribution in [0.4, 0.5) is 0 Å². The quantitative estimate of drug-likeness (QED) is 0.577. The van der Waals surface area contributed by atoms with Crippen molar-refractivity contribution in [1.29, 1.82) is 0 Å². The average Bonchev–Trinajstić information content (AvgIpc) is 1.94. The maximum atomic E-state index is 10.6. The van der Waals surface area contributed by atoms with E-state index >= 15 is 0 Å². The fraction of sp³-hybridized carbons (Fsp3) is 0.667. The van der Waals surface area contributed by atoms with Gasteiger partial charge in [0.25, 0.3) is 0 Å². The summed E-state index contributed by atoms with van der Waals surface area (Å²) >= 11 is 16.6. The number of carbonyl (C=O) groups is 2. The Morgan fingerprint density at radius 3 is 2.00 bits per heavy atom. The fourth-order valence-corrected chi connectivity index (χ4v) is 2.52. The lowest BCUT2D eigenvalue weighted by atomic mass is 10.0. The van der Waals surface area contributed by atoms with Gasteiger partial charge in [0.05, 0.1) is 12.3 Å². The van der Waals surface area contributed by atoms with Crippen molar-refractivity contribution in [3.63, 3.8) is 0 Å². The van der Waals surface area contributed by atoms with Gasteiger partial charge in [0.2, 0.25) is 0 Å². The zero-order valence-corrected chi connectivity index (χ0v) is 10.3. The average molecular weight is 280 g/mol. The van der Waals surface area contributed by atoms with E-state index < -0.39 is 30.3 Å². The molecule has 0 aromatic carbocycles. The molecule has 0 saturated heterocycles. The summed E-state index contributed by atoms with van der Waals surface area (Å²) in [4.78, 5) is 20.9. The van der Waals surface area contributed by atoms with Gasteiger partial charge in [-0.15, -0.1) is 33.2 Å². The van der Waals surface area contributed by atoms with E-state index in [1.807, 2.05) is 0 Å². The van der Waals surface area contributed by atoms with Gasteiger partial charge in [-0.25, -0.2) is 0 Å². The molecular weight excluding hydrogens is 271 g/mol. The minimum absolute atomic E-state index is 0.0877. The maximum Gasteiger partial charge on any atom is 0.341 e. The molecule has 0 spiro atoms. The van der Waals surface area contributed by atoms with Gasteiger partial charge in [-0.2, -0.15) is 0 Å². The predicted molar refractivity (Wildman–Crippen MR) is 56.1 cm³/mol. The third kappa shape index (κ3) is 7.43. The number of rotatable bonds is 6. The Balaban J connectivity index is 4.11. The van der Waals surface area contributed by atoms with Gasteiger partial charge in [0.15, 0.2) is 0 Å². The van der Waals surface area contributed by atoms with Gasteiger partial charge < -0.3 is 10.2 Å². The van der Waals surface area contributed by atoms with Gasteiger partial charge >= 0.3 is 17.9 Å². The lowest BCUT2D eigenvalue weighted by Gasteiger charge is -2.12. The third-order valence-corrected chi connectivity index (χ3v) is 4.10. The minimum atomic E-state index is -2.86. The topological polar surface area (TPSA) is 74.6 Å². The summed E-state index contributed by atoms with van der Waals surface area (Å²) in [7, 11) is 0. The Kier molecular flexibility index (Phi) is 5.81. The van der Waals surface area contributed by atoms with Crippen molar-refractivity contribution in [2.75, 3.05) is 0 Å². The fourth-order valence-electron chi connectivity index (χ4n) is 0.862. The first-order chi connectivity index (χ1) is 6.22. The molecule has 0 aromatic heterocycles. The van der Waals surface area contributed by atoms with Crippen molar-refractivity contribution in [3.8, 4) is 0 Å². The Labute approximate surface area is 95.9 Å². The molecule has 0 rings (SSSR count). The molecule has 0 aliphatic carbocycles. The van der Waals surface area contributed by atoms with E-state index in [4.69, 9.17) is 43.5 Å². The Hall–Kier alpha value is 0.0269. The Morgan fingerprint density at radius 2 is 1.71 bits per heavy atom. The molecule has 0 bridgehead atoms. The van der Waals surface area contributed by atoms with Crippen LogP contribution >= 0.6 is 33.2 Å². The molecule has 1 unspecified atom stereocenters. The lowest BCUT2D eigenvalue weighted by molar-refractivity contribution is -0.148. The van der Waals surface area contributed by atoms with Gasteiger partial charge in [0.1, 0.15) is 0 Å². The highest BCUT2D eigenvalue weighted by Gasteiger charge is 2.29. The van der Waals surface area contributed by atoms with Gasteiger partial charge in [-0.05, 0) is 12.5 Å². The van der Waals surface area contributed by atoms with Crippen LogP contribution in [0, 0.1) is 5.92 Å². The van der Waals surface area contributed by atoms with E-state index in [1.165, 1.54) is 0 Å². The van der Waals surface area contributed by atoms with E-state index in [1.54, 1.807) is 0 Å². The highest BCUT2D eigenvalue weighted by Crippen LogP contribution is 2.29. The normalized spacial score (nSPS) is 13.6. The Morgan fingerprint density at radius 1 is 1.21 bits per heavy atom. The van der Waals surface area contributed by atoms with Crippen LogP contribution in [0.25, 0.3) is 0 Å². The van der Waals surface area contributed by atoms with E-state index in [0.29, 0.717) is 0 Å². The number of hydrogen-bond donors (Lipinski definition) is 2. The second-order valence-corrected chi connectivity index (χ2v) is 12.1. The van der Waals surface area contributed by atoms with Crippen molar-refractivity contribution in [3.05, 3.63) is 0 Å². The molecule has 0 fully saturated rings. The number of carboxylic acid groups (broad SMARTS) is 2. The second kappa shape index (κ2) is 5.80. The Bertz CT molecular complexity index is 228. The summed E-state index contributed by atoms with van der Waals surface area (Å²) in [6.45, 7) is 0. The van der Waals surface area contributed by atoms with Gasteiger partial charge in [-0.3, -0.25) is 9.59 Å². The highest BCUT2D eigenvalue weighted by atomic mass is 35.8. The monoisotopic (exact) mass is 278 g/mol.